The molecule has 1 unspecified atom stereocenters. The highest BCUT2D eigenvalue weighted by Crippen LogP contribution is 2.20. The van der Waals surface area contributed by atoms with E-state index in [1.165, 1.54) is 24.4 Å². The van der Waals surface area contributed by atoms with E-state index >= 15 is 0 Å². The molecular formula is C14H17N3O3S. The van der Waals surface area contributed by atoms with Gasteiger partial charge in [-0.05, 0) is 19.1 Å². The molecule has 2 aromatic rings. The van der Waals surface area contributed by atoms with Gasteiger partial charge < -0.3 is 14.9 Å². The number of benzene rings is 1. The maximum atomic E-state index is 11.2. The van der Waals surface area contributed by atoms with E-state index in [2.05, 4.69) is 14.9 Å². The minimum atomic E-state index is -0.639. The van der Waals surface area contributed by atoms with Crippen LogP contribution in [0.5, 0.6) is 0 Å². The Bertz CT molecular complexity index is 598. The quantitative estimate of drug-likeness (QED) is 0.813. The van der Waals surface area contributed by atoms with Gasteiger partial charge in [0.25, 0.3) is 0 Å². The van der Waals surface area contributed by atoms with Gasteiger partial charge in [0.15, 0.2) is 0 Å². The average molecular weight is 307 g/mol. The lowest BCUT2D eigenvalue weighted by molar-refractivity contribution is -0.141. The molecule has 0 spiro atoms. The van der Waals surface area contributed by atoms with Crippen molar-refractivity contribution >= 4 is 17.7 Å². The second-order valence-corrected chi connectivity index (χ2v) is 5.54. The Morgan fingerprint density at radius 2 is 2.10 bits per heavy atom. The number of aromatic nitrogens is 2. The lowest BCUT2D eigenvalue weighted by Gasteiger charge is -2.06. The summed E-state index contributed by atoms with van der Waals surface area (Å²) in [7, 11) is 1.32. The topological polar surface area (TPSA) is 91.2 Å². The molecule has 1 aromatic carbocycles. The van der Waals surface area contributed by atoms with E-state index in [0.717, 1.165) is 5.56 Å². The van der Waals surface area contributed by atoms with E-state index in [4.69, 9.17) is 10.2 Å². The third-order valence-corrected chi connectivity index (χ3v) is 3.84. The van der Waals surface area contributed by atoms with Crippen molar-refractivity contribution in [2.75, 3.05) is 12.9 Å². The van der Waals surface area contributed by atoms with Crippen molar-refractivity contribution in [3.8, 4) is 11.5 Å². The molecule has 6 nitrogen and oxygen atoms in total. The summed E-state index contributed by atoms with van der Waals surface area (Å²) in [4.78, 5) is 11.2. The zero-order valence-corrected chi connectivity index (χ0v) is 12.7. The van der Waals surface area contributed by atoms with Crippen LogP contribution in [-0.4, -0.2) is 35.1 Å². The van der Waals surface area contributed by atoms with E-state index in [-0.39, 0.29) is 0 Å². The SMILES string of the molecule is COC(=O)C(N)CSCc1nnc(-c2ccc(C)cc2)o1. The number of rotatable bonds is 6. The van der Waals surface area contributed by atoms with Crippen molar-refractivity contribution in [3.63, 3.8) is 0 Å². The van der Waals surface area contributed by atoms with Crippen LogP contribution in [0.3, 0.4) is 0 Å². The number of aryl methyl sites for hydroxylation is 1. The average Bonchev–Trinajstić information content (AvgIpc) is 2.95. The third kappa shape index (κ3) is 4.30. The lowest BCUT2D eigenvalue weighted by atomic mass is 10.1. The molecule has 0 fully saturated rings. The Kier molecular flexibility index (Phi) is 5.35. The van der Waals surface area contributed by atoms with Crippen LogP contribution in [0.2, 0.25) is 0 Å². The monoisotopic (exact) mass is 307 g/mol. The molecule has 112 valence electrons. The molecule has 0 radical (unpaired) electrons. The van der Waals surface area contributed by atoms with Gasteiger partial charge in [-0.2, -0.15) is 0 Å². The van der Waals surface area contributed by atoms with Gasteiger partial charge in [0.05, 0.1) is 12.9 Å². The van der Waals surface area contributed by atoms with Crippen molar-refractivity contribution in [2.24, 2.45) is 5.73 Å². The van der Waals surface area contributed by atoms with Crippen LogP contribution in [0.1, 0.15) is 11.5 Å². The first-order valence-electron chi connectivity index (χ1n) is 6.40. The van der Waals surface area contributed by atoms with Crippen LogP contribution in [0.4, 0.5) is 0 Å². The fourth-order valence-electron chi connectivity index (χ4n) is 1.62. The number of carbonyl (C=O) groups is 1. The summed E-state index contributed by atoms with van der Waals surface area (Å²) in [5.74, 6) is 1.52. The van der Waals surface area contributed by atoms with Gasteiger partial charge in [0.1, 0.15) is 6.04 Å². The molecule has 0 aliphatic heterocycles. The zero-order chi connectivity index (χ0) is 15.2. The summed E-state index contributed by atoms with van der Waals surface area (Å²) in [6.07, 6.45) is 0. The predicted octanol–water partition coefficient (Wildman–Crippen LogP) is 1.78. The molecule has 21 heavy (non-hydrogen) atoms. The van der Waals surface area contributed by atoms with Crippen molar-refractivity contribution in [1.29, 1.82) is 0 Å². The third-order valence-electron chi connectivity index (χ3n) is 2.79. The first kappa shape index (κ1) is 15.5. The maximum Gasteiger partial charge on any atom is 0.323 e. The number of thioether (sulfide) groups is 1. The molecule has 1 heterocycles. The van der Waals surface area contributed by atoms with E-state index in [0.29, 0.717) is 23.3 Å². The Morgan fingerprint density at radius 3 is 2.76 bits per heavy atom. The Labute approximate surface area is 127 Å². The number of carbonyl (C=O) groups excluding carboxylic acids is 1. The number of methoxy groups -OCH3 is 1. The molecule has 0 aliphatic rings. The van der Waals surface area contributed by atoms with Crippen molar-refractivity contribution in [2.45, 2.75) is 18.7 Å². The van der Waals surface area contributed by atoms with E-state index < -0.39 is 12.0 Å². The first-order valence-corrected chi connectivity index (χ1v) is 7.56. The molecule has 0 saturated carbocycles. The molecule has 0 amide bonds. The summed E-state index contributed by atoms with van der Waals surface area (Å²) >= 11 is 1.45. The van der Waals surface area contributed by atoms with Crippen molar-refractivity contribution in [3.05, 3.63) is 35.7 Å². The van der Waals surface area contributed by atoms with Gasteiger partial charge in [0, 0.05) is 11.3 Å². The molecule has 2 N–H and O–H groups in total. The predicted molar refractivity (Wildman–Crippen MR) is 80.6 cm³/mol. The number of ether oxygens (including phenoxy) is 1. The van der Waals surface area contributed by atoms with Crippen LogP contribution in [0, 0.1) is 6.92 Å². The van der Waals surface area contributed by atoms with Crippen molar-refractivity contribution < 1.29 is 13.9 Å². The van der Waals surface area contributed by atoms with Gasteiger partial charge in [-0.15, -0.1) is 22.0 Å². The highest BCUT2D eigenvalue weighted by molar-refractivity contribution is 7.98. The molecule has 7 heteroatoms. The number of nitrogens with zero attached hydrogens (tertiary/aromatic N) is 2. The Morgan fingerprint density at radius 1 is 1.38 bits per heavy atom. The molecule has 1 atom stereocenters. The smallest absolute Gasteiger partial charge is 0.323 e. The van der Waals surface area contributed by atoms with Crippen LogP contribution >= 0.6 is 11.8 Å². The summed E-state index contributed by atoms with van der Waals surface area (Å²) in [5, 5.41) is 7.99. The van der Waals surface area contributed by atoms with Crippen LogP contribution in [0.25, 0.3) is 11.5 Å². The molecular weight excluding hydrogens is 290 g/mol. The van der Waals surface area contributed by atoms with Gasteiger partial charge in [-0.1, -0.05) is 17.7 Å². The van der Waals surface area contributed by atoms with E-state index in [1.807, 2.05) is 31.2 Å². The largest absolute Gasteiger partial charge is 0.468 e. The molecule has 0 aliphatic carbocycles. The van der Waals surface area contributed by atoms with Crippen LogP contribution < -0.4 is 5.73 Å². The van der Waals surface area contributed by atoms with Gasteiger partial charge in [-0.3, -0.25) is 4.79 Å². The number of hydrogen-bond acceptors (Lipinski definition) is 7. The second kappa shape index (κ2) is 7.24. The fourth-order valence-corrected chi connectivity index (χ4v) is 2.42. The second-order valence-electron chi connectivity index (χ2n) is 4.51. The summed E-state index contributed by atoms with van der Waals surface area (Å²) in [5.41, 5.74) is 7.70. The molecule has 1 aromatic heterocycles. The van der Waals surface area contributed by atoms with E-state index in [9.17, 15) is 4.79 Å². The highest BCUT2D eigenvalue weighted by Gasteiger charge is 2.14. The fraction of sp³-hybridized carbons (Fsp3) is 0.357. The molecule has 2 rings (SSSR count). The van der Waals surface area contributed by atoms with Crippen molar-refractivity contribution in [1.82, 2.24) is 10.2 Å². The normalized spacial score (nSPS) is 12.1. The minimum Gasteiger partial charge on any atom is -0.468 e. The van der Waals surface area contributed by atoms with Crippen LogP contribution in [0.15, 0.2) is 28.7 Å². The standard InChI is InChI=1S/C14H17N3O3S/c1-9-3-5-10(6-4-9)13-17-16-12(20-13)8-21-7-11(15)14(18)19-2/h3-6,11H,7-8,15H2,1-2H3. The zero-order valence-electron chi connectivity index (χ0n) is 11.9. The van der Waals surface area contributed by atoms with Gasteiger partial charge in [0.2, 0.25) is 11.8 Å². The Hall–Kier alpha value is -1.86. The summed E-state index contributed by atoms with van der Waals surface area (Å²) in [6, 6.07) is 7.21. The molecule has 0 bridgehead atoms. The number of esters is 1. The number of hydrogen-bond donors (Lipinski definition) is 1. The highest BCUT2D eigenvalue weighted by atomic mass is 32.2. The van der Waals surface area contributed by atoms with Crippen LogP contribution in [-0.2, 0) is 15.3 Å². The Balaban J connectivity index is 1.89. The maximum absolute atomic E-state index is 11.2. The van der Waals surface area contributed by atoms with Gasteiger partial charge in [-0.25, -0.2) is 0 Å². The first-order chi connectivity index (χ1) is 10.1. The summed E-state index contributed by atoms with van der Waals surface area (Å²) in [6.45, 7) is 2.02. The molecule has 0 saturated heterocycles. The minimum absolute atomic E-state index is 0.423. The van der Waals surface area contributed by atoms with E-state index in [1.54, 1.807) is 0 Å². The lowest BCUT2D eigenvalue weighted by Crippen LogP contribution is -2.33. The van der Waals surface area contributed by atoms with Gasteiger partial charge >= 0.3 is 5.97 Å². The number of nitrogens with two attached hydrogens (primary N) is 1. The summed E-state index contributed by atoms with van der Waals surface area (Å²) < 4.78 is 10.1.